The number of carbonyl (C=O) groups excluding carboxylic acids is 1. The number of aromatic nitrogens is 2. The van der Waals surface area contributed by atoms with E-state index < -0.39 is 0 Å². The topological polar surface area (TPSA) is 84.2 Å². The number of amides is 1. The maximum atomic E-state index is 12.5. The third kappa shape index (κ3) is 3.59. The van der Waals surface area contributed by atoms with Crippen LogP contribution in [-0.4, -0.2) is 20.8 Å². The van der Waals surface area contributed by atoms with Gasteiger partial charge in [0.15, 0.2) is 0 Å². The molecule has 0 bridgehead atoms. The van der Waals surface area contributed by atoms with Crippen molar-refractivity contribution >= 4 is 16.7 Å². The normalized spacial score (nSPS) is 10.8. The van der Waals surface area contributed by atoms with Gasteiger partial charge in [0.2, 0.25) is 5.91 Å². The molecule has 1 aromatic heterocycles. The molecule has 1 amide bonds. The van der Waals surface area contributed by atoms with Crippen LogP contribution in [0.25, 0.3) is 10.8 Å². The van der Waals surface area contributed by atoms with Crippen molar-refractivity contribution in [2.75, 3.05) is 0 Å². The van der Waals surface area contributed by atoms with Crippen LogP contribution in [0, 0.1) is 6.92 Å². The van der Waals surface area contributed by atoms with Crippen molar-refractivity contribution in [3.05, 3.63) is 75.7 Å². The number of aliphatic hydroxyl groups excluding tert-OH is 1. The van der Waals surface area contributed by atoms with Crippen molar-refractivity contribution in [2.24, 2.45) is 0 Å². The number of nitrogens with one attached hydrogen (secondary N) is 1. The van der Waals surface area contributed by atoms with Gasteiger partial charge in [0.25, 0.3) is 5.56 Å². The standard InChI is InChI=1S/C19H19N3O3/c1-13-16-8-4-5-9-17(16)19(25)22(21-13)11-18(24)20-10-14-6-2-3-7-15(14)12-23/h2-9,23H,10-12H2,1H3,(H,20,24). The van der Waals surface area contributed by atoms with Gasteiger partial charge in [-0.1, -0.05) is 42.5 Å². The summed E-state index contributed by atoms with van der Waals surface area (Å²) in [6, 6.07) is 14.5. The lowest BCUT2D eigenvalue weighted by Crippen LogP contribution is -2.34. The molecule has 0 radical (unpaired) electrons. The molecule has 0 saturated carbocycles. The summed E-state index contributed by atoms with van der Waals surface area (Å²) in [4.78, 5) is 24.7. The predicted octanol–water partition coefficient (Wildman–Crippen LogP) is 1.51. The maximum Gasteiger partial charge on any atom is 0.275 e. The minimum atomic E-state index is -0.308. The highest BCUT2D eigenvalue weighted by Gasteiger charge is 2.11. The summed E-state index contributed by atoms with van der Waals surface area (Å²) < 4.78 is 1.19. The van der Waals surface area contributed by atoms with E-state index in [9.17, 15) is 14.7 Å². The highest BCUT2D eigenvalue weighted by molar-refractivity contribution is 5.83. The highest BCUT2D eigenvalue weighted by atomic mass is 16.3. The minimum Gasteiger partial charge on any atom is -0.392 e. The van der Waals surface area contributed by atoms with Gasteiger partial charge in [-0.25, -0.2) is 4.68 Å². The second-order valence-corrected chi connectivity index (χ2v) is 5.80. The number of aryl methyl sites for hydroxylation is 1. The van der Waals surface area contributed by atoms with Crippen molar-refractivity contribution in [3.63, 3.8) is 0 Å². The molecule has 0 aliphatic carbocycles. The Morgan fingerprint density at radius 2 is 1.72 bits per heavy atom. The fourth-order valence-electron chi connectivity index (χ4n) is 2.78. The summed E-state index contributed by atoms with van der Waals surface area (Å²) in [5.41, 5.74) is 2.02. The van der Waals surface area contributed by atoms with E-state index in [0.717, 1.165) is 16.5 Å². The van der Waals surface area contributed by atoms with E-state index in [0.29, 0.717) is 11.1 Å². The van der Waals surface area contributed by atoms with Crippen molar-refractivity contribution in [1.29, 1.82) is 0 Å². The summed E-state index contributed by atoms with van der Waals surface area (Å²) >= 11 is 0. The molecule has 0 saturated heterocycles. The lowest BCUT2D eigenvalue weighted by Gasteiger charge is -2.11. The van der Waals surface area contributed by atoms with E-state index in [1.165, 1.54) is 4.68 Å². The molecule has 6 heteroatoms. The number of fused-ring (bicyclic) bond motifs is 1. The van der Waals surface area contributed by atoms with Crippen LogP contribution < -0.4 is 10.9 Å². The Balaban J connectivity index is 1.76. The number of rotatable bonds is 5. The third-order valence-electron chi connectivity index (χ3n) is 4.11. The van der Waals surface area contributed by atoms with Gasteiger partial charge in [0, 0.05) is 11.9 Å². The lowest BCUT2D eigenvalue weighted by molar-refractivity contribution is -0.122. The Morgan fingerprint density at radius 1 is 1.08 bits per heavy atom. The first-order valence-corrected chi connectivity index (χ1v) is 8.01. The largest absolute Gasteiger partial charge is 0.392 e. The quantitative estimate of drug-likeness (QED) is 0.739. The third-order valence-corrected chi connectivity index (χ3v) is 4.11. The Labute approximate surface area is 144 Å². The summed E-state index contributed by atoms with van der Waals surface area (Å²) in [6.45, 7) is 1.87. The first-order valence-electron chi connectivity index (χ1n) is 8.01. The van der Waals surface area contributed by atoms with E-state index in [-0.39, 0.29) is 31.2 Å². The van der Waals surface area contributed by atoms with Crippen LogP contribution in [0.15, 0.2) is 53.3 Å². The van der Waals surface area contributed by atoms with Crippen LogP contribution in [0.3, 0.4) is 0 Å². The molecule has 2 aromatic carbocycles. The van der Waals surface area contributed by atoms with Crippen LogP contribution in [0.2, 0.25) is 0 Å². The zero-order valence-electron chi connectivity index (χ0n) is 13.9. The molecule has 6 nitrogen and oxygen atoms in total. The summed E-state index contributed by atoms with van der Waals surface area (Å²) in [5.74, 6) is -0.308. The van der Waals surface area contributed by atoms with E-state index in [2.05, 4.69) is 10.4 Å². The SMILES string of the molecule is Cc1nn(CC(=O)NCc2ccccc2CO)c(=O)c2ccccc12. The highest BCUT2D eigenvalue weighted by Crippen LogP contribution is 2.12. The minimum absolute atomic E-state index is 0.0864. The van der Waals surface area contributed by atoms with Gasteiger partial charge >= 0.3 is 0 Å². The Kier molecular flexibility index (Phi) is 4.90. The Bertz CT molecular complexity index is 979. The van der Waals surface area contributed by atoms with Crippen LogP contribution in [0.5, 0.6) is 0 Å². The molecule has 0 atom stereocenters. The van der Waals surface area contributed by atoms with Gasteiger partial charge in [-0.3, -0.25) is 9.59 Å². The molecule has 1 heterocycles. The van der Waals surface area contributed by atoms with Gasteiger partial charge in [-0.05, 0) is 24.1 Å². The molecule has 128 valence electrons. The van der Waals surface area contributed by atoms with Crippen molar-refractivity contribution in [3.8, 4) is 0 Å². The Morgan fingerprint density at radius 3 is 2.44 bits per heavy atom. The van der Waals surface area contributed by atoms with Gasteiger partial charge < -0.3 is 10.4 Å². The Hall–Kier alpha value is -2.99. The number of aliphatic hydroxyl groups is 1. The molecular formula is C19H19N3O3. The van der Waals surface area contributed by atoms with Crippen LogP contribution in [0.4, 0.5) is 0 Å². The summed E-state index contributed by atoms with van der Waals surface area (Å²) in [6.07, 6.45) is 0. The zero-order chi connectivity index (χ0) is 17.8. The summed E-state index contributed by atoms with van der Waals surface area (Å²) in [7, 11) is 0. The predicted molar refractivity (Wildman–Crippen MR) is 95.0 cm³/mol. The van der Waals surface area contributed by atoms with Crippen molar-refractivity contribution in [2.45, 2.75) is 26.6 Å². The summed E-state index contributed by atoms with van der Waals surface area (Å²) in [5, 5.41) is 17.7. The molecule has 0 aliphatic heterocycles. The van der Waals surface area contributed by atoms with Crippen molar-refractivity contribution < 1.29 is 9.90 Å². The fraction of sp³-hybridized carbons (Fsp3) is 0.211. The molecule has 0 aliphatic rings. The molecule has 0 spiro atoms. The first-order chi connectivity index (χ1) is 12.1. The molecule has 3 rings (SSSR count). The van der Waals surface area contributed by atoms with Gasteiger partial charge in [0.05, 0.1) is 17.7 Å². The number of carbonyl (C=O) groups is 1. The lowest BCUT2D eigenvalue weighted by atomic mass is 10.1. The second-order valence-electron chi connectivity index (χ2n) is 5.80. The van der Waals surface area contributed by atoms with E-state index in [4.69, 9.17) is 0 Å². The molecule has 2 N–H and O–H groups in total. The molecule has 3 aromatic rings. The van der Waals surface area contributed by atoms with Crippen molar-refractivity contribution in [1.82, 2.24) is 15.1 Å². The molecular weight excluding hydrogens is 318 g/mol. The van der Waals surface area contributed by atoms with Crippen LogP contribution in [-0.2, 0) is 24.5 Å². The fourth-order valence-corrected chi connectivity index (χ4v) is 2.78. The number of hydrogen-bond acceptors (Lipinski definition) is 4. The van der Waals surface area contributed by atoms with E-state index in [1.807, 2.05) is 37.3 Å². The zero-order valence-corrected chi connectivity index (χ0v) is 13.9. The smallest absolute Gasteiger partial charge is 0.275 e. The monoisotopic (exact) mass is 337 g/mol. The van der Waals surface area contributed by atoms with Crippen LogP contribution in [0.1, 0.15) is 16.8 Å². The number of hydrogen-bond donors (Lipinski definition) is 2. The number of nitrogens with zero attached hydrogens (tertiary/aromatic N) is 2. The molecule has 0 fully saturated rings. The molecule has 0 unspecified atom stereocenters. The van der Waals surface area contributed by atoms with Gasteiger partial charge in [0.1, 0.15) is 6.54 Å². The van der Waals surface area contributed by atoms with E-state index in [1.54, 1.807) is 18.2 Å². The van der Waals surface area contributed by atoms with Gasteiger partial charge in [-0.2, -0.15) is 5.10 Å². The van der Waals surface area contributed by atoms with Gasteiger partial charge in [-0.15, -0.1) is 0 Å². The maximum absolute atomic E-state index is 12.5. The van der Waals surface area contributed by atoms with E-state index >= 15 is 0 Å². The molecule has 25 heavy (non-hydrogen) atoms. The average Bonchev–Trinajstić information content (AvgIpc) is 2.64. The second kappa shape index (κ2) is 7.27. The number of benzene rings is 2. The first kappa shape index (κ1) is 16.9. The average molecular weight is 337 g/mol. The van der Waals surface area contributed by atoms with Crippen LogP contribution >= 0.6 is 0 Å².